The van der Waals surface area contributed by atoms with Gasteiger partial charge in [-0.15, -0.1) is 0 Å². The van der Waals surface area contributed by atoms with Crippen molar-refractivity contribution in [1.29, 1.82) is 0 Å². The van der Waals surface area contributed by atoms with Crippen molar-refractivity contribution >= 4 is 27.6 Å². The maximum Gasteiger partial charge on any atom is 0.319 e. The van der Waals surface area contributed by atoms with Gasteiger partial charge in [0, 0.05) is 30.0 Å². The zero-order chi connectivity index (χ0) is 17.6. The molecule has 0 saturated carbocycles. The predicted octanol–water partition coefficient (Wildman–Crippen LogP) is 4.32. The fourth-order valence-electron chi connectivity index (χ4n) is 2.50. The third-order valence-corrected chi connectivity index (χ3v) is 4.40. The number of amides is 2. The van der Waals surface area contributed by atoms with Crippen LogP contribution in [0.1, 0.15) is 16.7 Å². The van der Waals surface area contributed by atoms with E-state index >= 15 is 0 Å². The molecule has 0 unspecified atom stereocenters. The molecule has 0 saturated heterocycles. The highest BCUT2D eigenvalue weighted by Gasteiger charge is 2.06. The van der Waals surface area contributed by atoms with E-state index in [1.807, 2.05) is 48.0 Å². The molecular formula is C19H19BrN4O. The summed E-state index contributed by atoms with van der Waals surface area (Å²) in [5, 5.41) is 5.73. The van der Waals surface area contributed by atoms with Crippen LogP contribution in [0.4, 0.5) is 10.5 Å². The minimum atomic E-state index is -0.232. The van der Waals surface area contributed by atoms with E-state index in [0.29, 0.717) is 6.54 Å². The van der Waals surface area contributed by atoms with E-state index < -0.39 is 0 Å². The number of rotatable bonds is 5. The maximum atomic E-state index is 12.1. The second-order valence-electron chi connectivity index (χ2n) is 5.85. The van der Waals surface area contributed by atoms with E-state index in [4.69, 9.17) is 0 Å². The van der Waals surface area contributed by atoms with Crippen molar-refractivity contribution in [3.05, 3.63) is 82.3 Å². The smallest absolute Gasteiger partial charge is 0.319 e. The Morgan fingerprint density at radius 3 is 2.80 bits per heavy atom. The number of benzene rings is 2. The highest BCUT2D eigenvalue weighted by molar-refractivity contribution is 9.10. The number of carbonyl (C=O) groups is 1. The fourth-order valence-corrected chi connectivity index (χ4v) is 3.09. The zero-order valence-electron chi connectivity index (χ0n) is 13.9. The van der Waals surface area contributed by atoms with Gasteiger partial charge in [0.15, 0.2) is 0 Å². The first-order chi connectivity index (χ1) is 12.1. The molecule has 5 nitrogen and oxygen atoms in total. The molecule has 2 amide bonds. The minimum Gasteiger partial charge on any atom is -0.334 e. The molecule has 0 aliphatic heterocycles. The van der Waals surface area contributed by atoms with Crippen LogP contribution in [0, 0.1) is 6.92 Å². The van der Waals surface area contributed by atoms with E-state index in [2.05, 4.69) is 43.7 Å². The lowest BCUT2D eigenvalue weighted by Gasteiger charge is -2.11. The van der Waals surface area contributed by atoms with Gasteiger partial charge in [0.2, 0.25) is 0 Å². The Labute approximate surface area is 155 Å². The number of imidazole rings is 1. The molecule has 0 fully saturated rings. The number of hydrogen-bond acceptors (Lipinski definition) is 2. The highest BCUT2D eigenvalue weighted by Crippen LogP contribution is 2.23. The van der Waals surface area contributed by atoms with Crippen molar-refractivity contribution in [2.75, 3.05) is 5.32 Å². The molecule has 1 aromatic heterocycles. The van der Waals surface area contributed by atoms with Crippen molar-refractivity contribution < 1.29 is 4.79 Å². The van der Waals surface area contributed by atoms with Gasteiger partial charge in [-0.1, -0.05) is 30.3 Å². The number of nitrogens with zero attached hydrogens (tertiary/aromatic N) is 2. The molecule has 2 aromatic carbocycles. The molecule has 0 atom stereocenters. The Kier molecular flexibility index (Phi) is 5.50. The Morgan fingerprint density at radius 1 is 1.20 bits per heavy atom. The second-order valence-corrected chi connectivity index (χ2v) is 6.70. The van der Waals surface area contributed by atoms with Gasteiger partial charge in [0.05, 0.1) is 12.0 Å². The van der Waals surface area contributed by atoms with Gasteiger partial charge in [-0.25, -0.2) is 9.78 Å². The number of halogens is 1. The summed E-state index contributed by atoms with van der Waals surface area (Å²) in [6.45, 7) is 3.23. The van der Waals surface area contributed by atoms with Crippen LogP contribution in [0.3, 0.4) is 0 Å². The van der Waals surface area contributed by atoms with Crippen LogP contribution in [0.2, 0.25) is 0 Å². The molecule has 3 rings (SSSR count). The standard InChI is InChI=1S/C19H19BrN4O/c1-14-5-6-18(17(20)9-14)23-19(25)22-11-15-3-2-4-16(10-15)12-24-8-7-21-13-24/h2-10,13H,11-12H2,1H3,(H2,22,23,25). The van der Waals surface area contributed by atoms with E-state index in [-0.39, 0.29) is 6.03 Å². The predicted molar refractivity (Wildman–Crippen MR) is 103 cm³/mol. The number of hydrogen-bond donors (Lipinski definition) is 2. The van der Waals surface area contributed by atoms with Gasteiger partial charge in [-0.05, 0) is 51.7 Å². The van der Waals surface area contributed by atoms with Gasteiger partial charge in [-0.3, -0.25) is 0 Å². The van der Waals surface area contributed by atoms with Crippen molar-refractivity contribution in [3.8, 4) is 0 Å². The van der Waals surface area contributed by atoms with E-state index in [0.717, 1.165) is 27.8 Å². The summed E-state index contributed by atoms with van der Waals surface area (Å²) in [6.07, 6.45) is 5.48. The van der Waals surface area contributed by atoms with E-state index in [1.165, 1.54) is 5.56 Å². The molecule has 0 spiro atoms. The lowest BCUT2D eigenvalue weighted by molar-refractivity contribution is 0.251. The first-order valence-electron chi connectivity index (χ1n) is 7.95. The molecule has 2 N–H and O–H groups in total. The largest absolute Gasteiger partial charge is 0.334 e. The van der Waals surface area contributed by atoms with Crippen molar-refractivity contribution in [2.24, 2.45) is 0 Å². The second kappa shape index (κ2) is 7.98. The molecule has 128 valence electrons. The summed E-state index contributed by atoms with van der Waals surface area (Å²) >= 11 is 3.46. The van der Waals surface area contributed by atoms with Gasteiger partial charge in [-0.2, -0.15) is 0 Å². The van der Waals surface area contributed by atoms with Gasteiger partial charge in [0.25, 0.3) is 0 Å². The summed E-state index contributed by atoms with van der Waals surface area (Å²) in [5.74, 6) is 0. The van der Waals surface area contributed by atoms with Gasteiger partial charge in [0.1, 0.15) is 0 Å². The van der Waals surface area contributed by atoms with Crippen LogP contribution < -0.4 is 10.6 Å². The molecule has 0 aliphatic rings. The maximum absolute atomic E-state index is 12.1. The lowest BCUT2D eigenvalue weighted by atomic mass is 10.1. The Bertz CT molecular complexity index is 862. The fraction of sp³-hybridized carbons (Fsp3) is 0.158. The topological polar surface area (TPSA) is 59.0 Å². The molecular weight excluding hydrogens is 380 g/mol. The van der Waals surface area contributed by atoms with Crippen molar-refractivity contribution in [3.63, 3.8) is 0 Å². The number of aromatic nitrogens is 2. The Morgan fingerprint density at radius 2 is 2.04 bits per heavy atom. The number of carbonyl (C=O) groups excluding carboxylic acids is 1. The Hall–Kier alpha value is -2.60. The quantitative estimate of drug-likeness (QED) is 0.671. The van der Waals surface area contributed by atoms with E-state index in [1.54, 1.807) is 12.5 Å². The molecule has 6 heteroatoms. The summed E-state index contributed by atoms with van der Waals surface area (Å²) < 4.78 is 2.87. The molecule has 0 bridgehead atoms. The summed E-state index contributed by atoms with van der Waals surface area (Å²) in [4.78, 5) is 16.2. The minimum absolute atomic E-state index is 0.232. The lowest BCUT2D eigenvalue weighted by Crippen LogP contribution is -2.28. The Balaban J connectivity index is 1.56. The van der Waals surface area contributed by atoms with Gasteiger partial charge >= 0.3 is 6.03 Å². The van der Waals surface area contributed by atoms with Crippen LogP contribution in [-0.2, 0) is 13.1 Å². The summed E-state index contributed by atoms with van der Waals surface area (Å²) in [6, 6.07) is 13.7. The first kappa shape index (κ1) is 17.2. The van der Waals surface area contributed by atoms with Crippen LogP contribution >= 0.6 is 15.9 Å². The molecule has 3 aromatic rings. The number of anilines is 1. The number of urea groups is 1. The highest BCUT2D eigenvalue weighted by atomic mass is 79.9. The zero-order valence-corrected chi connectivity index (χ0v) is 15.5. The van der Waals surface area contributed by atoms with E-state index in [9.17, 15) is 4.79 Å². The SMILES string of the molecule is Cc1ccc(NC(=O)NCc2cccc(Cn3ccnc3)c2)c(Br)c1. The molecule has 0 aliphatic carbocycles. The normalized spacial score (nSPS) is 10.5. The first-order valence-corrected chi connectivity index (χ1v) is 8.74. The van der Waals surface area contributed by atoms with Crippen molar-refractivity contribution in [2.45, 2.75) is 20.0 Å². The molecule has 1 heterocycles. The third kappa shape index (κ3) is 4.93. The van der Waals surface area contributed by atoms with Gasteiger partial charge < -0.3 is 15.2 Å². The average molecular weight is 399 g/mol. The average Bonchev–Trinajstić information content (AvgIpc) is 3.09. The third-order valence-electron chi connectivity index (χ3n) is 3.74. The molecule has 25 heavy (non-hydrogen) atoms. The van der Waals surface area contributed by atoms with Crippen LogP contribution in [-0.4, -0.2) is 15.6 Å². The summed E-state index contributed by atoms with van der Waals surface area (Å²) in [7, 11) is 0. The van der Waals surface area contributed by atoms with Crippen LogP contribution in [0.25, 0.3) is 0 Å². The van der Waals surface area contributed by atoms with Crippen molar-refractivity contribution in [1.82, 2.24) is 14.9 Å². The monoisotopic (exact) mass is 398 g/mol. The molecule has 0 radical (unpaired) electrons. The van der Waals surface area contributed by atoms with Crippen LogP contribution in [0.15, 0.2) is 65.7 Å². The summed E-state index contributed by atoms with van der Waals surface area (Å²) in [5.41, 5.74) is 4.10. The van der Waals surface area contributed by atoms with Crippen LogP contribution in [0.5, 0.6) is 0 Å². The number of aryl methyl sites for hydroxylation is 1. The number of nitrogens with one attached hydrogen (secondary N) is 2.